The van der Waals surface area contributed by atoms with Crippen LogP contribution in [0, 0.1) is 5.82 Å². The van der Waals surface area contributed by atoms with Gasteiger partial charge >= 0.3 is 0 Å². The van der Waals surface area contributed by atoms with Gasteiger partial charge in [-0.2, -0.15) is 5.10 Å². The number of benzene rings is 1. The summed E-state index contributed by atoms with van der Waals surface area (Å²) in [4.78, 5) is 4.00. The Morgan fingerprint density at radius 3 is 2.94 bits per heavy atom. The van der Waals surface area contributed by atoms with Crippen LogP contribution in [0.2, 0.25) is 0 Å². The lowest BCUT2D eigenvalue weighted by atomic mass is 10.2. The summed E-state index contributed by atoms with van der Waals surface area (Å²) in [6, 6.07) is 4.90. The maximum atomic E-state index is 13.2. The number of aromatic nitrogens is 3. The largest absolute Gasteiger partial charge is 0.324 e. The monoisotopic (exact) mass is 284 g/mol. The minimum Gasteiger partial charge on any atom is -0.324 e. The first-order valence-corrected chi connectivity index (χ1v) is 5.51. The summed E-state index contributed by atoms with van der Waals surface area (Å²) in [6.07, 6.45) is 1.58. The second-order valence-electron chi connectivity index (χ2n) is 3.28. The maximum Gasteiger partial charge on any atom is 0.164 e. The fourth-order valence-electron chi connectivity index (χ4n) is 1.35. The van der Waals surface area contributed by atoms with Crippen LogP contribution in [0.1, 0.15) is 11.4 Å². The van der Waals surface area contributed by atoms with E-state index in [1.165, 1.54) is 6.07 Å². The smallest absolute Gasteiger partial charge is 0.164 e. The fraction of sp³-hybridized carbons (Fsp3) is 0.200. The number of halogens is 2. The number of hydrogen-bond acceptors (Lipinski definition) is 3. The number of rotatable bonds is 3. The van der Waals surface area contributed by atoms with Crippen LogP contribution in [-0.4, -0.2) is 14.8 Å². The van der Waals surface area contributed by atoms with Crippen LogP contribution in [-0.2, 0) is 13.1 Å². The van der Waals surface area contributed by atoms with Crippen LogP contribution in [0.15, 0.2) is 29.0 Å². The van der Waals surface area contributed by atoms with Crippen molar-refractivity contribution in [2.75, 3.05) is 0 Å². The van der Waals surface area contributed by atoms with Crippen molar-refractivity contribution in [2.24, 2.45) is 5.73 Å². The van der Waals surface area contributed by atoms with E-state index < -0.39 is 0 Å². The van der Waals surface area contributed by atoms with Gasteiger partial charge in [-0.05, 0) is 27.6 Å². The average Bonchev–Trinajstić information content (AvgIpc) is 2.73. The highest BCUT2D eigenvalue weighted by Crippen LogP contribution is 2.20. The third-order valence-electron chi connectivity index (χ3n) is 2.13. The molecule has 0 unspecified atom stereocenters. The van der Waals surface area contributed by atoms with Gasteiger partial charge in [-0.15, -0.1) is 0 Å². The summed E-state index contributed by atoms with van der Waals surface area (Å²) in [7, 11) is 0. The molecule has 0 atom stereocenters. The molecule has 6 heteroatoms. The van der Waals surface area contributed by atoms with Gasteiger partial charge in [0, 0.05) is 0 Å². The molecule has 0 saturated heterocycles. The van der Waals surface area contributed by atoms with Gasteiger partial charge in [-0.1, -0.05) is 12.1 Å². The standard InChI is InChI=1S/C10H10BrFN4/c11-10-7(2-1-3-8(10)12)5-16-6-14-9(4-13)15-16/h1-3,6H,4-5,13H2. The molecular formula is C10H10BrFN4. The van der Waals surface area contributed by atoms with Crippen molar-refractivity contribution in [3.63, 3.8) is 0 Å². The molecule has 0 aliphatic heterocycles. The Labute approximate surface area is 100 Å². The number of hydrogen-bond donors (Lipinski definition) is 1. The second kappa shape index (κ2) is 4.71. The molecule has 1 aromatic heterocycles. The first-order valence-electron chi connectivity index (χ1n) is 4.72. The van der Waals surface area contributed by atoms with Gasteiger partial charge in [-0.25, -0.2) is 14.1 Å². The van der Waals surface area contributed by atoms with E-state index in [-0.39, 0.29) is 5.82 Å². The van der Waals surface area contributed by atoms with E-state index in [2.05, 4.69) is 26.0 Å². The van der Waals surface area contributed by atoms with Gasteiger partial charge in [-0.3, -0.25) is 0 Å². The zero-order valence-corrected chi connectivity index (χ0v) is 9.98. The molecule has 84 valence electrons. The molecule has 2 N–H and O–H groups in total. The Kier molecular flexibility index (Phi) is 3.31. The SMILES string of the molecule is NCc1ncn(Cc2cccc(F)c2Br)n1. The van der Waals surface area contributed by atoms with Crippen LogP contribution in [0.3, 0.4) is 0 Å². The van der Waals surface area contributed by atoms with Crippen LogP contribution in [0.5, 0.6) is 0 Å². The highest BCUT2D eigenvalue weighted by atomic mass is 79.9. The van der Waals surface area contributed by atoms with Crippen LogP contribution >= 0.6 is 15.9 Å². The molecule has 2 rings (SSSR count). The summed E-state index contributed by atoms with van der Waals surface area (Å²) in [6.45, 7) is 0.767. The van der Waals surface area contributed by atoms with E-state index in [0.29, 0.717) is 23.4 Å². The molecule has 1 heterocycles. The molecule has 0 radical (unpaired) electrons. The fourth-order valence-corrected chi connectivity index (χ4v) is 1.74. The summed E-state index contributed by atoms with van der Waals surface area (Å²) in [5.74, 6) is 0.296. The topological polar surface area (TPSA) is 56.7 Å². The number of nitrogens with two attached hydrogens (primary N) is 1. The van der Waals surface area contributed by atoms with Crippen molar-refractivity contribution < 1.29 is 4.39 Å². The van der Waals surface area contributed by atoms with E-state index in [4.69, 9.17) is 5.73 Å². The predicted molar refractivity (Wildman–Crippen MR) is 61.1 cm³/mol. The van der Waals surface area contributed by atoms with E-state index in [1.807, 2.05) is 6.07 Å². The summed E-state index contributed by atoms with van der Waals surface area (Å²) in [5, 5.41) is 4.13. The molecule has 16 heavy (non-hydrogen) atoms. The molecule has 1 aromatic carbocycles. The molecule has 2 aromatic rings. The summed E-state index contributed by atoms with van der Waals surface area (Å²) < 4.78 is 15.3. The molecule has 0 bridgehead atoms. The van der Waals surface area contributed by atoms with Gasteiger partial charge in [0.05, 0.1) is 17.6 Å². The van der Waals surface area contributed by atoms with Crippen LogP contribution < -0.4 is 5.73 Å². The summed E-state index contributed by atoms with van der Waals surface area (Å²) >= 11 is 3.20. The highest BCUT2D eigenvalue weighted by Gasteiger charge is 2.06. The second-order valence-corrected chi connectivity index (χ2v) is 4.07. The van der Waals surface area contributed by atoms with Gasteiger partial charge < -0.3 is 5.73 Å². The lowest BCUT2D eigenvalue weighted by Crippen LogP contribution is -2.04. The molecule has 0 fully saturated rings. The summed E-state index contributed by atoms with van der Waals surface area (Å²) in [5.41, 5.74) is 6.22. The van der Waals surface area contributed by atoms with Crippen molar-refractivity contribution in [2.45, 2.75) is 13.1 Å². The quantitative estimate of drug-likeness (QED) is 0.933. The van der Waals surface area contributed by atoms with E-state index in [9.17, 15) is 4.39 Å². The minimum absolute atomic E-state index is 0.281. The highest BCUT2D eigenvalue weighted by molar-refractivity contribution is 9.10. The first kappa shape index (κ1) is 11.2. The zero-order chi connectivity index (χ0) is 11.5. The normalized spacial score (nSPS) is 10.7. The average molecular weight is 285 g/mol. The minimum atomic E-state index is -0.281. The molecule has 0 aliphatic carbocycles. The van der Waals surface area contributed by atoms with Crippen molar-refractivity contribution >= 4 is 15.9 Å². The van der Waals surface area contributed by atoms with Gasteiger partial charge in [0.25, 0.3) is 0 Å². The Morgan fingerprint density at radius 1 is 1.44 bits per heavy atom. The molecule has 4 nitrogen and oxygen atoms in total. The van der Waals surface area contributed by atoms with Crippen molar-refractivity contribution in [1.82, 2.24) is 14.8 Å². The van der Waals surface area contributed by atoms with E-state index >= 15 is 0 Å². The van der Waals surface area contributed by atoms with Crippen molar-refractivity contribution in [1.29, 1.82) is 0 Å². The Morgan fingerprint density at radius 2 is 2.25 bits per heavy atom. The Balaban J connectivity index is 2.23. The lowest BCUT2D eigenvalue weighted by Gasteiger charge is -2.04. The van der Waals surface area contributed by atoms with Gasteiger partial charge in [0.15, 0.2) is 5.82 Å². The van der Waals surface area contributed by atoms with Crippen LogP contribution in [0.25, 0.3) is 0 Å². The van der Waals surface area contributed by atoms with E-state index in [1.54, 1.807) is 17.1 Å². The zero-order valence-electron chi connectivity index (χ0n) is 8.40. The van der Waals surface area contributed by atoms with Crippen LogP contribution in [0.4, 0.5) is 4.39 Å². The predicted octanol–water partition coefficient (Wildman–Crippen LogP) is 1.69. The van der Waals surface area contributed by atoms with Gasteiger partial charge in [0.2, 0.25) is 0 Å². The Bertz CT molecular complexity index is 497. The third kappa shape index (κ3) is 2.28. The maximum absolute atomic E-state index is 13.2. The third-order valence-corrected chi connectivity index (χ3v) is 3.02. The Hall–Kier alpha value is -1.27. The lowest BCUT2D eigenvalue weighted by molar-refractivity contribution is 0.610. The first-order chi connectivity index (χ1) is 7.70. The number of nitrogens with zero attached hydrogens (tertiary/aromatic N) is 3. The molecular weight excluding hydrogens is 275 g/mol. The molecule has 0 saturated carbocycles. The molecule has 0 spiro atoms. The van der Waals surface area contributed by atoms with Crippen molar-refractivity contribution in [3.05, 3.63) is 46.2 Å². The van der Waals surface area contributed by atoms with Gasteiger partial charge in [0.1, 0.15) is 12.1 Å². The van der Waals surface area contributed by atoms with Crippen molar-refractivity contribution in [3.8, 4) is 0 Å². The molecule has 0 amide bonds. The molecule has 0 aliphatic rings. The van der Waals surface area contributed by atoms with E-state index in [0.717, 1.165) is 5.56 Å².